The number of rotatable bonds is 1. The van der Waals surface area contributed by atoms with E-state index >= 15 is 0 Å². The third-order valence-electron chi connectivity index (χ3n) is 2.81. The average molecular weight is 209 g/mol. The van der Waals surface area contributed by atoms with Crippen LogP contribution in [0.4, 0.5) is 0 Å². The van der Waals surface area contributed by atoms with Gasteiger partial charge in [-0.1, -0.05) is 0 Å². The molecule has 0 aromatic carbocycles. The summed E-state index contributed by atoms with van der Waals surface area (Å²) in [5, 5.41) is 2.03. The number of hydrogen-bond donors (Lipinski definition) is 1. The van der Waals surface area contributed by atoms with Crippen molar-refractivity contribution in [3.05, 3.63) is 0 Å². The van der Waals surface area contributed by atoms with Crippen LogP contribution in [0.15, 0.2) is 0 Å². The Hall–Kier alpha value is 0.170. The van der Waals surface area contributed by atoms with Crippen LogP contribution in [0.25, 0.3) is 0 Å². The van der Waals surface area contributed by atoms with E-state index in [-0.39, 0.29) is 23.5 Å². The summed E-state index contributed by atoms with van der Waals surface area (Å²) in [6, 6.07) is 0. The lowest BCUT2D eigenvalue weighted by molar-refractivity contribution is -0.768. The third-order valence-corrected chi connectivity index (χ3v) is 2.81. The zero-order chi connectivity index (χ0) is 9.41. The van der Waals surface area contributed by atoms with E-state index in [1.54, 1.807) is 0 Å². The van der Waals surface area contributed by atoms with E-state index < -0.39 is 0 Å². The maximum Gasteiger partial charge on any atom is 0.0469 e. The van der Waals surface area contributed by atoms with E-state index in [0.29, 0.717) is 0 Å². The van der Waals surface area contributed by atoms with Crippen LogP contribution in [-0.4, -0.2) is 16.1 Å². The van der Waals surface area contributed by atoms with Gasteiger partial charge in [-0.2, -0.15) is 5.90 Å². The third kappa shape index (κ3) is 2.56. The van der Waals surface area contributed by atoms with Crippen LogP contribution in [0.3, 0.4) is 0 Å². The van der Waals surface area contributed by atoms with Crippen molar-refractivity contribution < 1.29 is 23.2 Å². The first-order chi connectivity index (χ1) is 5.40. The van der Waals surface area contributed by atoms with Crippen LogP contribution >= 0.6 is 0 Å². The Morgan fingerprint density at radius 1 is 1.08 bits per heavy atom. The quantitative estimate of drug-likeness (QED) is 0.513. The van der Waals surface area contributed by atoms with Crippen LogP contribution in [0, 0.1) is 0 Å². The molecule has 1 aliphatic rings. The fourth-order valence-corrected chi connectivity index (χ4v) is 2.33. The standard InChI is InChI=1S/C9H21N2O.ClH/c1-8(2)6-5-7-9(3,4)11(8)12-10;/h5-7H2,1-4,10H3;1H/q+1;/p-1. The number of piperidine rings is 1. The Balaban J connectivity index is 0.00000144. The zero-order valence-corrected chi connectivity index (χ0v) is 9.82. The molecule has 1 aliphatic heterocycles. The first kappa shape index (κ1) is 13.2. The van der Waals surface area contributed by atoms with Gasteiger partial charge in [0, 0.05) is 11.1 Å². The highest BCUT2D eigenvalue weighted by molar-refractivity contribution is 4.92. The molecule has 0 aliphatic carbocycles. The van der Waals surface area contributed by atoms with E-state index in [2.05, 4.69) is 33.6 Å². The molecule has 0 amide bonds. The van der Waals surface area contributed by atoms with E-state index in [1.807, 2.05) is 5.06 Å². The predicted octanol–water partition coefficient (Wildman–Crippen LogP) is -1.88. The molecule has 0 unspecified atom stereocenters. The minimum Gasteiger partial charge on any atom is -1.00 e. The van der Waals surface area contributed by atoms with Gasteiger partial charge in [0.15, 0.2) is 0 Å². The Morgan fingerprint density at radius 2 is 1.46 bits per heavy atom. The van der Waals surface area contributed by atoms with Crippen molar-refractivity contribution in [2.24, 2.45) is 0 Å². The number of hydrogen-bond acceptors (Lipinski definition) is 2. The molecular formula is C9H21ClN2O. The van der Waals surface area contributed by atoms with Crippen LogP contribution in [-0.2, 0) is 4.94 Å². The zero-order valence-electron chi connectivity index (χ0n) is 9.06. The summed E-state index contributed by atoms with van der Waals surface area (Å²) in [5.74, 6) is 3.53. The molecule has 1 fully saturated rings. The molecule has 3 nitrogen and oxygen atoms in total. The Bertz CT molecular complexity index is 155. The Labute approximate surface area is 86.9 Å². The molecule has 3 N–H and O–H groups in total. The van der Waals surface area contributed by atoms with Crippen molar-refractivity contribution in [3.63, 3.8) is 0 Å². The minimum absolute atomic E-state index is 0. The number of nitrogens with zero attached hydrogens (tertiary/aromatic N) is 1. The second-order valence-corrected chi connectivity index (χ2v) is 4.90. The van der Waals surface area contributed by atoms with Gasteiger partial charge in [-0.15, -0.1) is 10.0 Å². The fraction of sp³-hybridized carbons (Fsp3) is 1.00. The second-order valence-electron chi connectivity index (χ2n) is 4.90. The van der Waals surface area contributed by atoms with Crippen molar-refractivity contribution >= 4 is 0 Å². The number of quaternary nitrogens is 1. The summed E-state index contributed by atoms with van der Waals surface area (Å²) in [4.78, 5) is 5.20. The molecule has 13 heavy (non-hydrogen) atoms. The molecule has 0 atom stereocenters. The van der Waals surface area contributed by atoms with Crippen LogP contribution in [0.2, 0.25) is 0 Å². The molecule has 0 aromatic heterocycles. The first-order valence-electron chi connectivity index (χ1n) is 4.63. The van der Waals surface area contributed by atoms with E-state index in [0.717, 1.165) is 0 Å². The van der Waals surface area contributed by atoms with Crippen molar-refractivity contribution in [1.29, 1.82) is 0 Å². The van der Waals surface area contributed by atoms with Gasteiger partial charge in [0.2, 0.25) is 0 Å². The average Bonchev–Trinajstić information content (AvgIpc) is 1.83. The molecular weight excluding hydrogens is 188 g/mol. The van der Waals surface area contributed by atoms with Crippen LogP contribution in [0.1, 0.15) is 47.0 Å². The molecule has 80 valence electrons. The van der Waals surface area contributed by atoms with Gasteiger partial charge in [-0.25, -0.2) is 0 Å². The van der Waals surface area contributed by atoms with Crippen molar-refractivity contribution in [2.45, 2.75) is 58.0 Å². The van der Waals surface area contributed by atoms with Crippen molar-refractivity contribution in [1.82, 2.24) is 5.06 Å². The van der Waals surface area contributed by atoms with Gasteiger partial charge in [0.25, 0.3) is 0 Å². The summed E-state index contributed by atoms with van der Waals surface area (Å²) in [6.45, 7) is 8.83. The highest BCUT2D eigenvalue weighted by atomic mass is 35.5. The molecule has 4 heteroatoms. The van der Waals surface area contributed by atoms with Crippen molar-refractivity contribution in [2.75, 3.05) is 0 Å². The van der Waals surface area contributed by atoms with Gasteiger partial charge < -0.3 is 12.4 Å². The Morgan fingerprint density at radius 3 is 1.69 bits per heavy atom. The Kier molecular flexibility index (Phi) is 4.19. The summed E-state index contributed by atoms with van der Waals surface area (Å²) in [7, 11) is 0. The molecule has 1 saturated heterocycles. The molecule has 1 rings (SSSR count). The second kappa shape index (κ2) is 4.13. The summed E-state index contributed by atoms with van der Waals surface area (Å²) in [6.07, 6.45) is 3.65. The smallest absolute Gasteiger partial charge is 0.0469 e. The summed E-state index contributed by atoms with van der Waals surface area (Å²) >= 11 is 0. The molecule has 0 saturated carbocycles. The lowest BCUT2D eigenvalue weighted by atomic mass is 9.82. The summed E-state index contributed by atoms with van der Waals surface area (Å²) in [5.41, 5.74) is 0.257. The van der Waals surface area contributed by atoms with Crippen LogP contribution < -0.4 is 18.3 Å². The first-order valence-corrected chi connectivity index (χ1v) is 4.63. The molecule has 0 bridgehead atoms. The van der Waals surface area contributed by atoms with E-state index in [4.69, 9.17) is 4.94 Å². The molecule has 1 heterocycles. The fourth-order valence-electron chi connectivity index (χ4n) is 2.33. The van der Waals surface area contributed by atoms with Crippen molar-refractivity contribution in [3.8, 4) is 0 Å². The molecule has 0 aromatic rings. The minimum atomic E-state index is 0. The lowest BCUT2D eigenvalue weighted by Crippen LogP contribution is -3.00. The van der Waals surface area contributed by atoms with Gasteiger partial charge in [-0.3, -0.25) is 0 Å². The van der Waals surface area contributed by atoms with Crippen LogP contribution in [0.5, 0.6) is 0 Å². The topological polar surface area (TPSA) is 40.1 Å². The maximum atomic E-state index is 5.20. The normalized spacial score (nSPS) is 26.5. The monoisotopic (exact) mass is 208 g/mol. The van der Waals surface area contributed by atoms with Gasteiger partial charge in [-0.05, 0) is 47.0 Å². The predicted molar refractivity (Wildman–Crippen MR) is 47.8 cm³/mol. The van der Waals surface area contributed by atoms with Gasteiger partial charge >= 0.3 is 0 Å². The summed E-state index contributed by atoms with van der Waals surface area (Å²) < 4.78 is 0. The molecule has 0 spiro atoms. The lowest BCUT2D eigenvalue weighted by Gasteiger charge is -2.48. The highest BCUT2D eigenvalue weighted by Crippen LogP contribution is 2.37. The number of hydroxylamine groups is 2. The maximum absolute atomic E-state index is 5.20. The largest absolute Gasteiger partial charge is 1.00 e. The van der Waals surface area contributed by atoms with Gasteiger partial charge in [0.1, 0.15) is 0 Å². The van der Waals surface area contributed by atoms with E-state index in [9.17, 15) is 0 Å². The van der Waals surface area contributed by atoms with E-state index in [1.165, 1.54) is 19.3 Å². The van der Waals surface area contributed by atoms with Gasteiger partial charge in [0.05, 0.1) is 0 Å². The number of halogens is 1. The SMILES string of the molecule is CC1(C)CCCC(C)(C)N1O[NH3+].[Cl-]. The highest BCUT2D eigenvalue weighted by Gasteiger charge is 2.43. The molecule has 0 radical (unpaired) electrons.